The molecule has 9 nitrogen and oxygen atoms in total. The van der Waals surface area contributed by atoms with Crippen molar-refractivity contribution in [3.8, 4) is 11.4 Å². The highest BCUT2D eigenvalue weighted by Crippen LogP contribution is 2.35. The number of morpholine rings is 1. The molecule has 1 saturated heterocycles. The first-order valence-electron chi connectivity index (χ1n) is 11.2. The van der Waals surface area contributed by atoms with Crippen molar-refractivity contribution in [2.75, 3.05) is 24.2 Å². The molecular weight excluding hydrogens is 476 g/mol. The molecular formula is C23H27ClN6O3S. The van der Waals surface area contributed by atoms with E-state index in [4.69, 9.17) is 21.3 Å². The van der Waals surface area contributed by atoms with Gasteiger partial charge in [0, 0.05) is 43.7 Å². The number of hydrogen-bond acceptors (Lipinski definition) is 8. The van der Waals surface area contributed by atoms with E-state index in [1.807, 2.05) is 10.9 Å². The Morgan fingerprint density at radius 1 is 1.12 bits per heavy atom. The van der Waals surface area contributed by atoms with Gasteiger partial charge in [-0.3, -0.25) is 4.90 Å². The van der Waals surface area contributed by atoms with E-state index in [9.17, 15) is 8.42 Å². The van der Waals surface area contributed by atoms with Gasteiger partial charge in [-0.25, -0.2) is 23.1 Å². The van der Waals surface area contributed by atoms with Crippen LogP contribution in [0.1, 0.15) is 25.0 Å². The first-order valence-corrected chi connectivity index (χ1v) is 13.4. The molecule has 3 aromatic rings. The number of sulfone groups is 1. The molecule has 0 aliphatic carbocycles. The summed E-state index contributed by atoms with van der Waals surface area (Å²) in [5.74, 6) is 1.58. The lowest BCUT2D eigenvalue weighted by Gasteiger charge is -2.35. The SMILES string of the molecule is C[C@@H]1CN(Cc2cnc3c(c2)-c2ncnn2CN3Cc2ccc(S(C)(=O)=O)cc2Cl)C[C@H](C)O1. The highest BCUT2D eigenvalue weighted by atomic mass is 35.5. The van der Waals surface area contributed by atoms with Crippen LogP contribution in [0.4, 0.5) is 5.82 Å². The molecule has 11 heteroatoms. The van der Waals surface area contributed by atoms with Crippen LogP contribution < -0.4 is 4.90 Å². The Bertz CT molecular complexity index is 1320. The third-order valence-electron chi connectivity index (χ3n) is 6.10. The average molecular weight is 503 g/mol. The number of rotatable bonds is 5. The lowest BCUT2D eigenvalue weighted by Crippen LogP contribution is -2.44. The number of pyridine rings is 1. The average Bonchev–Trinajstić information content (AvgIpc) is 3.22. The number of ether oxygens (including phenoxy) is 1. The zero-order valence-electron chi connectivity index (χ0n) is 19.3. The van der Waals surface area contributed by atoms with Crippen molar-refractivity contribution in [2.24, 2.45) is 0 Å². The van der Waals surface area contributed by atoms with Gasteiger partial charge in [0.2, 0.25) is 0 Å². The lowest BCUT2D eigenvalue weighted by molar-refractivity contribution is -0.0705. The maximum absolute atomic E-state index is 11.9. The summed E-state index contributed by atoms with van der Waals surface area (Å²) < 4.78 is 31.4. The van der Waals surface area contributed by atoms with E-state index in [-0.39, 0.29) is 17.1 Å². The molecule has 0 N–H and O–H groups in total. The quantitative estimate of drug-likeness (QED) is 0.525. The second-order valence-electron chi connectivity index (χ2n) is 9.11. The molecule has 4 heterocycles. The molecule has 34 heavy (non-hydrogen) atoms. The fourth-order valence-electron chi connectivity index (χ4n) is 4.70. The second kappa shape index (κ2) is 8.92. The van der Waals surface area contributed by atoms with Crippen molar-refractivity contribution < 1.29 is 13.2 Å². The zero-order chi connectivity index (χ0) is 24.0. The van der Waals surface area contributed by atoms with E-state index in [2.05, 4.69) is 39.8 Å². The number of benzene rings is 1. The van der Waals surface area contributed by atoms with Crippen molar-refractivity contribution >= 4 is 27.3 Å². The minimum absolute atomic E-state index is 0.201. The normalized spacial score (nSPS) is 20.8. The maximum atomic E-state index is 11.9. The van der Waals surface area contributed by atoms with Crippen LogP contribution >= 0.6 is 11.6 Å². The van der Waals surface area contributed by atoms with Gasteiger partial charge in [-0.1, -0.05) is 17.7 Å². The molecule has 0 amide bonds. The smallest absolute Gasteiger partial charge is 0.175 e. The molecule has 0 spiro atoms. The Kier molecular flexibility index (Phi) is 6.09. The summed E-state index contributed by atoms with van der Waals surface area (Å²) in [6, 6.07) is 6.97. The van der Waals surface area contributed by atoms with Crippen LogP contribution in [0.2, 0.25) is 5.02 Å². The topological polar surface area (TPSA) is 93.5 Å². The van der Waals surface area contributed by atoms with Crippen molar-refractivity contribution in [3.63, 3.8) is 0 Å². The summed E-state index contributed by atoms with van der Waals surface area (Å²) in [4.78, 5) is 13.9. The fourth-order valence-corrected chi connectivity index (χ4v) is 5.65. The minimum Gasteiger partial charge on any atom is -0.373 e. The molecule has 2 aliphatic heterocycles. The van der Waals surface area contributed by atoms with Crippen LogP contribution in [-0.2, 0) is 34.3 Å². The Morgan fingerprint density at radius 3 is 2.59 bits per heavy atom. The second-order valence-corrected chi connectivity index (χ2v) is 11.5. The molecule has 1 aromatic carbocycles. The van der Waals surface area contributed by atoms with Crippen LogP contribution in [0.3, 0.4) is 0 Å². The van der Waals surface area contributed by atoms with Crippen LogP contribution in [-0.4, -0.2) is 64.6 Å². The van der Waals surface area contributed by atoms with Gasteiger partial charge in [0.15, 0.2) is 15.7 Å². The van der Waals surface area contributed by atoms with Crippen molar-refractivity contribution in [2.45, 2.75) is 50.7 Å². The molecule has 2 aromatic heterocycles. The summed E-state index contributed by atoms with van der Waals surface area (Å²) in [5, 5.41) is 4.78. The number of fused-ring (bicyclic) bond motifs is 3. The molecule has 0 unspecified atom stereocenters. The van der Waals surface area contributed by atoms with Crippen LogP contribution in [0.25, 0.3) is 11.4 Å². The Hall–Kier alpha value is -2.53. The largest absolute Gasteiger partial charge is 0.373 e. The molecule has 5 rings (SSSR count). The number of hydrogen-bond donors (Lipinski definition) is 0. The highest BCUT2D eigenvalue weighted by Gasteiger charge is 2.27. The number of nitrogens with zero attached hydrogens (tertiary/aromatic N) is 6. The Balaban J connectivity index is 1.43. The van der Waals surface area contributed by atoms with E-state index < -0.39 is 9.84 Å². The first kappa shape index (κ1) is 23.2. The molecule has 180 valence electrons. The molecule has 2 atom stereocenters. The molecule has 2 aliphatic rings. The summed E-state index contributed by atoms with van der Waals surface area (Å²) in [7, 11) is -3.32. The summed E-state index contributed by atoms with van der Waals surface area (Å²) in [5.41, 5.74) is 2.83. The first-order chi connectivity index (χ1) is 16.2. The number of anilines is 1. The van der Waals surface area contributed by atoms with E-state index in [1.165, 1.54) is 12.3 Å². The minimum atomic E-state index is -3.32. The lowest BCUT2D eigenvalue weighted by atomic mass is 10.1. The van der Waals surface area contributed by atoms with Gasteiger partial charge in [0.25, 0.3) is 0 Å². The zero-order valence-corrected chi connectivity index (χ0v) is 20.9. The maximum Gasteiger partial charge on any atom is 0.175 e. The van der Waals surface area contributed by atoms with Crippen LogP contribution in [0.5, 0.6) is 0 Å². The predicted octanol–water partition coefficient (Wildman–Crippen LogP) is 2.98. The predicted molar refractivity (Wildman–Crippen MR) is 129 cm³/mol. The summed E-state index contributed by atoms with van der Waals surface area (Å²) in [6.07, 6.45) is 5.04. The number of halogens is 1. The van der Waals surface area contributed by atoms with Gasteiger partial charge in [-0.2, -0.15) is 5.10 Å². The molecule has 0 saturated carbocycles. The fraction of sp³-hybridized carbons (Fsp3) is 0.435. The van der Waals surface area contributed by atoms with Crippen molar-refractivity contribution in [1.82, 2.24) is 24.6 Å². The monoisotopic (exact) mass is 502 g/mol. The third-order valence-corrected chi connectivity index (χ3v) is 7.56. The van der Waals surface area contributed by atoms with Gasteiger partial charge in [0.05, 0.1) is 22.7 Å². The molecule has 0 bridgehead atoms. The van der Waals surface area contributed by atoms with Crippen LogP contribution in [0.15, 0.2) is 41.7 Å². The van der Waals surface area contributed by atoms with Crippen LogP contribution in [0, 0.1) is 0 Å². The van der Waals surface area contributed by atoms with E-state index in [0.717, 1.165) is 48.0 Å². The van der Waals surface area contributed by atoms with Crippen molar-refractivity contribution in [1.29, 1.82) is 0 Å². The standard InChI is InChI=1S/C23H27ClN6O3S/c1-15-9-28(10-16(2)33-15)11-17-6-20-22(25-8-17)29(14-30-23(20)26-13-27-30)12-18-4-5-19(7-21(18)24)34(3,31)32/h4-8,13,15-16H,9-12,14H2,1-3H3/t15-,16+. The molecule has 0 radical (unpaired) electrons. The highest BCUT2D eigenvalue weighted by molar-refractivity contribution is 7.90. The van der Waals surface area contributed by atoms with E-state index in [1.54, 1.807) is 18.5 Å². The Labute approximate surface area is 204 Å². The van der Waals surface area contributed by atoms with Gasteiger partial charge in [0.1, 0.15) is 18.8 Å². The van der Waals surface area contributed by atoms with Gasteiger partial charge in [-0.05, 0) is 43.2 Å². The Morgan fingerprint density at radius 2 is 1.88 bits per heavy atom. The van der Waals surface area contributed by atoms with E-state index >= 15 is 0 Å². The van der Waals surface area contributed by atoms with Gasteiger partial charge in [-0.15, -0.1) is 0 Å². The van der Waals surface area contributed by atoms with E-state index in [0.29, 0.717) is 18.2 Å². The van der Waals surface area contributed by atoms with Gasteiger partial charge >= 0.3 is 0 Å². The van der Waals surface area contributed by atoms with Gasteiger partial charge < -0.3 is 9.64 Å². The third kappa shape index (κ3) is 4.68. The summed E-state index contributed by atoms with van der Waals surface area (Å²) in [6.45, 7) is 7.67. The number of aromatic nitrogens is 4. The van der Waals surface area contributed by atoms with Crippen molar-refractivity contribution in [3.05, 3.63) is 52.9 Å². The summed E-state index contributed by atoms with van der Waals surface area (Å²) >= 11 is 6.46. The molecule has 1 fully saturated rings.